The number of ether oxygens (including phenoxy) is 1. The molecule has 2 atom stereocenters. The van der Waals surface area contributed by atoms with E-state index in [0.717, 1.165) is 34.3 Å². The minimum atomic E-state index is 0.616. The van der Waals surface area contributed by atoms with Gasteiger partial charge in [-0.25, -0.2) is 0 Å². The fourth-order valence-electron chi connectivity index (χ4n) is 3.14. The number of fused-ring (bicyclic) bond motifs is 1. The molecule has 1 aliphatic rings. The highest BCUT2D eigenvalue weighted by Crippen LogP contribution is 2.31. The number of benzene rings is 1. The van der Waals surface area contributed by atoms with E-state index in [2.05, 4.69) is 36.1 Å². The summed E-state index contributed by atoms with van der Waals surface area (Å²) < 4.78 is 11.3. The van der Waals surface area contributed by atoms with E-state index in [4.69, 9.17) is 9.15 Å². The maximum absolute atomic E-state index is 5.95. The molecular weight excluding hydrogens is 282 g/mol. The van der Waals surface area contributed by atoms with Crippen molar-refractivity contribution in [3.05, 3.63) is 30.0 Å². The largest absolute Gasteiger partial charge is 0.493 e. The van der Waals surface area contributed by atoms with Gasteiger partial charge in [-0.15, -0.1) is 0 Å². The number of hydrogen-bond donors (Lipinski definition) is 1. The second-order valence-corrected chi connectivity index (χ2v) is 7.02. The Kier molecular flexibility index (Phi) is 4.76. The van der Waals surface area contributed by atoms with Crippen molar-refractivity contribution >= 4 is 22.7 Å². The third-order valence-corrected chi connectivity index (χ3v) is 5.48. The van der Waals surface area contributed by atoms with Gasteiger partial charge in [-0.2, -0.15) is 11.8 Å². The molecule has 1 heterocycles. The summed E-state index contributed by atoms with van der Waals surface area (Å²) in [6.07, 6.45) is 3.95. The molecular formula is C17H23NO2S. The zero-order valence-corrected chi connectivity index (χ0v) is 13.5. The Balaban J connectivity index is 1.68. The van der Waals surface area contributed by atoms with Crippen molar-refractivity contribution in [2.24, 2.45) is 0 Å². The van der Waals surface area contributed by atoms with Crippen LogP contribution in [-0.4, -0.2) is 24.2 Å². The molecule has 3 nitrogen and oxygen atoms in total. The monoisotopic (exact) mass is 305 g/mol. The van der Waals surface area contributed by atoms with E-state index in [1.165, 1.54) is 25.0 Å². The van der Waals surface area contributed by atoms with Gasteiger partial charge in [0.1, 0.15) is 5.76 Å². The van der Waals surface area contributed by atoms with Crippen LogP contribution in [0.2, 0.25) is 0 Å². The van der Waals surface area contributed by atoms with Gasteiger partial charge in [0, 0.05) is 16.7 Å². The summed E-state index contributed by atoms with van der Waals surface area (Å²) in [6.45, 7) is 3.04. The lowest BCUT2D eigenvalue weighted by Crippen LogP contribution is -2.33. The van der Waals surface area contributed by atoms with Gasteiger partial charge in [0.15, 0.2) is 11.3 Å². The van der Waals surface area contributed by atoms with E-state index in [0.29, 0.717) is 6.04 Å². The van der Waals surface area contributed by atoms with Crippen molar-refractivity contribution in [3.63, 3.8) is 0 Å². The van der Waals surface area contributed by atoms with Gasteiger partial charge < -0.3 is 14.5 Å². The normalized spacial score (nSPS) is 22.0. The lowest BCUT2D eigenvalue weighted by molar-refractivity contribution is 0.404. The van der Waals surface area contributed by atoms with Gasteiger partial charge in [0.2, 0.25) is 0 Å². The molecule has 1 N–H and O–H groups in total. The summed E-state index contributed by atoms with van der Waals surface area (Å²) >= 11 is 2.08. The van der Waals surface area contributed by atoms with Crippen molar-refractivity contribution in [2.45, 2.75) is 44.0 Å². The van der Waals surface area contributed by atoms with Crippen LogP contribution in [-0.2, 0) is 6.54 Å². The molecule has 1 fully saturated rings. The first-order valence-electron chi connectivity index (χ1n) is 7.72. The number of furan rings is 1. The number of methoxy groups -OCH3 is 1. The summed E-state index contributed by atoms with van der Waals surface area (Å²) in [6, 6.07) is 8.73. The second-order valence-electron chi connectivity index (χ2n) is 5.50. The highest BCUT2D eigenvalue weighted by molar-refractivity contribution is 7.99. The number of rotatable bonds is 6. The van der Waals surface area contributed by atoms with Gasteiger partial charge in [-0.05, 0) is 30.7 Å². The molecule has 1 saturated carbocycles. The lowest BCUT2D eigenvalue weighted by Gasteiger charge is -2.19. The van der Waals surface area contributed by atoms with E-state index in [-0.39, 0.29) is 0 Å². The number of thioether (sulfide) groups is 1. The summed E-state index contributed by atoms with van der Waals surface area (Å²) in [5.41, 5.74) is 0.850. The molecule has 2 unspecified atom stereocenters. The predicted octanol–water partition coefficient (Wildman–Crippen LogP) is 4.21. The minimum absolute atomic E-state index is 0.616. The van der Waals surface area contributed by atoms with Crippen molar-refractivity contribution in [3.8, 4) is 5.75 Å². The highest BCUT2D eigenvalue weighted by atomic mass is 32.2. The Bertz CT molecular complexity index is 595. The van der Waals surface area contributed by atoms with Crippen molar-refractivity contribution in [1.82, 2.24) is 5.32 Å². The maximum Gasteiger partial charge on any atom is 0.176 e. The van der Waals surface area contributed by atoms with Gasteiger partial charge in [-0.3, -0.25) is 0 Å². The SMILES string of the molecule is CCSC1CCCC1NCc1cc2cccc(OC)c2o1. The molecule has 1 aliphatic carbocycles. The van der Waals surface area contributed by atoms with Crippen LogP contribution in [0.1, 0.15) is 31.9 Å². The Morgan fingerprint density at radius 2 is 2.29 bits per heavy atom. The fraction of sp³-hybridized carbons (Fsp3) is 0.529. The third-order valence-electron chi connectivity index (χ3n) is 4.15. The molecule has 0 aliphatic heterocycles. The molecule has 0 saturated heterocycles. The van der Waals surface area contributed by atoms with Gasteiger partial charge >= 0.3 is 0 Å². The quantitative estimate of drug-likeness (QED) is 0.867. The predicted molar refractivity (Wildman–Crippen MR) is 89.2 cm³/mol. The average Bonchev–Trinajstić information content (AvgIpc) is 3.11. The first-order valence-corrected chi connectivity index (χ1v) is 8.77. The first kappa shape index (κ1) is 14.8. The number of para-hydroxylation sites is 1. The smallest absolute Gasteiger partial charge is 0.176 e. The molecule has 4 heteroatoms. The fourth-order valence-corrected chi connectivity index (χ4v) is 4.37. The standard InChI is InChI=1S/C17H23NO2S/c1-3-21-16-9-5-7-14(16)18-11-13-10-12-6-4-8-15(19-2)17(12)20-13/h4,6,8,10,14,16,18H,3,5,7,9,11H2,1-2H3. The topological polar surface area (TPSA) is 34.4 Å². The highest BCUT2D eigenvalue weighted by Gasteiger charge is 2.26. The lowest BCUT2D eigenvalue weighted by atomic mass is 10.2. The molecule has 0 bridgehead atoms. The van der Waals surface area contributed by atoms with Crippen LogP contribution in [0.5, 0.6) is 5.75 Å². The Morgan fingerprint density at radius 1 is 1.38 bits per heavy atom. The molecule has 2 aromatic rings. The van der Waals surface area contributed by atoms with Crippen LogP contribution in [0.3, 0.4) is 0 Å². The van der Waals surface area contributed by atoms with Crippen LogP contribution < -0.4 is 10.1 Å². The van der Waals surface area contributed by atoms with E-state index in [9.17, 15) is 0 Å². The van der Waals surface area contributed by atoms with Gasteiger partial charge in [0.25, 0.3) is 0 Å². The van der Waals surface area contributed by atoms with Crippen molar-refractivity contribution in [1.29, 1.82) is 0 Å². The number of hydrogen-bond acceptors (Lipinski definition) is 4. The molecule has 3 rings (SSSR count). The third kappa shape index (κ3) is 3.22. The molecule has 1 aromatic carbocycles. The summed E-state index contributed by atoms with van der Waals surface area (Å²) in [7, 11) is 1.68. The zero-order chi connectivity index (χ0) is 14.7. The Labute approximate surface area is 130 Å². The zero-order valence-electron chi connectivity index (χ0n) is 12.7. The maximum atomic E-state index is 5.95. The van der Waals surface area contributed by atoms with Gasteiger partial charge in [-0.1, -0.05) is 25.5 Å². The van der Waals surface area contributed by atoms with E-state index in [1.54, 1.807) is 7.11 Å². The van der Waals surface area contributed by atoms with Crippen LogP contribution in [0.4, 0.5) is 0 Å². The first-order chi connectivity index (χ1) is 10.3. The van der Waals surface area contributed by atoms with Crippen LogP contribution in [0.15, 0.2) is 28.7 Å². The summed E-state index contributed by atoms with van der Waals surface area (Å²) in [5.74, 6) is 2.99. The van der Waals surface area contributed by atoms with Gasteiger partial charge in [0.05, 0.1) is 13.7 Å². The van der Waals surface area contributed by atoms with E-state index >= 15 is 0 Å². The Hall–Kier alpha value is -1.13. The van der Waals surface area contributed by atoms with Crippen LogP contribution >= 0.6 is 11.8 Å². The van der Waals surface area contributed by atoms with E-state index < -0.39 is 0 Å². The second kappa shape index (κ2) is 6.75. The molecule has 0 radical (unpaired) electrons. The molecule has 0 amide bonds. The van der Waals surface area contributed by atoms with Crippen molar-refractivity contribution in [2.75, 3.05) is 12.9 Å². The molecule has 21 heavy (non-hydrogen) atoms. The van der Waals surface area contributed by atoms with Crippen LogP contribution in [0, 0.1) is 0 Å². The Morgan fingerprint density at radius 3 is 3.10 bits per heavy atom. The average molecular weight is 305 g/mol. The minimum Gasteiger partial charge on any atom is -0.493 e. The van der Waals surface area contributed by atoms with E-state index in [1.807, 2.05) is 12.1 Å². The molecule has 0 spiro atoms. The van der Waals surface area contributed by atoms with Crippen LogP contribution in [0.25, 0.3) is 11.0 Å². The number of nitrogens with one attached hydrogen (secondary N) is 1. The molecule has 1 aromatic heterocycles. The molecule has 114 valence electrons. The summed E-state index contributed by atoms with van der Waals surface area (Å²) in [5, 5.41) is 5.54. The summed E-state index contributed by atoms with van der Waals surface area (Å²) in [4.78, 5) is 0. The van der Waals surface area contributed by atoms with Crippen molar-refractivity contribution < 1.29 is 9.15 Å².